The van der Waals surface area contributed by atoms with Crippen LogP contribution in [0.25, 0.3) is 22.2 Å². The lowest BCUT2D eigenvalue weighted by molar-refractivity contribution is 0.104. The van der Waals surface area contributed by atoms with Crippen LogP contribution in [0.5, 0.6) is 17.2 Å². The molecule has 1 aliphatic rings. The molecular formula is C23H25N3O5. The number of hydrogen-bond donors (Lipinski definition) is 0. The van der Waals surface area contributed by atoms with E-state index in [-0.39, 0.29) is 11.3 Å². The van der Waals surface area contributed by atoms with E-state index in [0.29, 0.717) is 57.1 Å². The Labute approximate surface area is 180 Å². The van der Waals surface area contributed by atoms with Crippen molar-refractivity contribution in [3.8, 4) is 28.6 Å². The van der Waals surface area contributed by atoms with Crippen LogP contribution in [0.2, 0.25) is 0 Å². The lowest BCUT2D eigenvalue weighted by atomic mass is 10.0. The first-order valence-corrected chi connectivity index (χ1v) is 9.97. The summed E-state index contributed by atoms with van der Waals surface area (Å²) in [5, 5.41) is 0.942. The van der Waals surface area contributed by atoms with Crippen LogP contribution in [-0.2, 0) is 6.54 Å². The van der Waals surface area contributed by atoms with Gasteiger partial charge in [-0.05, 0) is 45.3 Å². The first-order valence-electron chi connectivity index (χ1n) is 9.97. The number of ketones is 1. The second-order valence-corrected chi connectivity index (χ2v) is 7.69. The van der Waals surface area contributed by atoms with Crippen molar-refractivity contribution >= 4 is 16.6 Å². The van der Waals surface area contributed by atoms with E-state index in [1.54, 1.807) is 29.0 Å². The van der Waals surface area contributed by atoms with Crippen LogP contribution in [0.1, 0.15) is 22.3 Å². The minimum atomic E-state index is -0.188. The summed E-state index contributed by atoms with van der Waals surface area (Å²) in [6, 6.07) is 5.01. The van der Waals surface area contributed by atoms with Gasteiger partial charge in [0.25, 0.3) is 5.56 Å². The van der Waals surface area contributed by atoms with E-state index in [1.807, 2.05) is 14.1 Å². The van der Waals surface area contributed by atoms with Gasteiger partial charge in [0.15, 0.2) is 17.3 Å². The molecule has 0 amide bonds. The first-order chi connectivity index (χ1) is 14.9. The van der Waals surface area contributed by atoms with E-state index in [1.165, 1.54) is 21.3 Å². The van der Waals surface area contributed by atoms with Crippen LogP contribution in [0.15, 0.2) is 29.2 Å². The van der Waals surface area contributed by atoms with Crippen molar-refractivity contribution < 1.29 is 19.0 Å². The fourth-order valence-electron chi connectivity index (χ4n) is 4.06. The summed E-state index contributed by atoms with van der Waals surface area (Å²) in [6.07, 6.45) is 2.31. The molecule has 1 aromatic carbocycles. The standard InChI is InChI=1S/C23H25N3O5/c1-25(2)7-6-8-26-21-19(22(27)16-9-13(29-3)12-24-20(16)21)14-10-17(30-4)18(31-5)11-15(14)23(26)28/h9-12H,6-8H2,1-5H3. The Kier molecular flexibility index (Phi) is 5.41. The molecule has 162 valence electrons. The van der Waals surface area contributed by atoms with Gasteiger partial charge in [-0.15, -0.1) is 0 Å². The monoisotopic (exact) mass is 423 g/mol. The number of hydrogen-bond acceptors (Lipinski definition) is 7. The molecule has 0 bridgehead atoms. The average Bonchev–Trinajstić information content (AvgIpc) is 3.06. The number of rotatable bonds is 7. The molecule has 8 nitrogen and oxygen atoms in total. The number of benzene rings is 1. The molecule has 2 heterocycles. The number of ether oxygens (including phenoxy) is 3. The van der Waals surface area contributed by atoms with Gasteiger partial charge in [0.1, 0.15) is 5.75 Å². The maximum absolute atomic E-state index is 13.6. The molecule has 0 aliphatic heterocycles. The molecule has 0 N–H and O–H groups in total. The Morgan fingerprint density at radius 1 is 0.968 bits per heavy atom. The maximum Gasteiger partial charge on any atom is 0.259 e. The predicted molar refractivity (Wildman–Crippen MR) is 118 cm³/mol. The Bertz CT molecular complexity index is 1250. The van der Waals surface area contributed by atoms with Gasteiger partial charge in [0.05, 0.1) is 55.4 Å². The number of methoxy groups -OCH3 is 3. The molecule has 1 aliphatic carbocycles. The van der Waals surface area contributed by atoms with Crippen LogP contribution in [-0.4, -0.2) is 62.2 Å². The zero-order chi connectivity index (χ0) is 22.3. The smallest absolute Gasteiger partial charge is 0.259 e. The maximum atomic E-state index is 13.6. The molecule has 0 saturated heterocycles. The molecule has 3 aromatic rings. The van der Waals surface area contributed by atoms with E-state index < -0.39 is 0 Å². The lowest BCUT2D eigenvalue weighted by Crippen LogP contribution is -2.25. The third-order valence-corrected chi connectivity index (χ3v) is 5.56. The van der Waals surface area contributed by atoms with Crippen molar-refractivity contribution in [2.24, 2.45) is 0 Å². The SMILES string of the molecule is COc1cnc2c(c1)C(=O)c1c-2n(CCCN(C)C)c(=O)c2cc(OC)c(OC)cc12. The number of carbonyl (C=O) groups is 1. The molecule has 0 unspecified atom stereocenters. The van der Waals surface area contributed by atoms with E-state index in [0.717, 1.165) is 13.0 Å². The summed E-state index contributed by atoms with van der Waals surface area (Å²) < 4.78 is 17.7. The second-order valence-electron chi connectivity index (χ2n) is 7.69. The van der Waals surface area contributed by atoms with Crippen LogP contribution >= 0.6 is 0 Å². The molecule has 0 atom stereocenters. The zero-order valence-electron chi connectivity index (χ0n) is 18.3. The van der Waals surface area contributed by atoms with Gasteiger partial charge in [-0.2, -0.15) is 0 Å². The Balaban J connectivity index is 2.05. The van der Waals surface area contributed by atoms with Gasteiger partial charge in [-0.1, -0.05) is 0 Å². The third kappa shape index (κ3) is 3.33. The van der Waals surface area contributed by atoms with Crippen molar-refractivity contribution in [3.05, 3.63) is 45.9 Å². The van der Waals surface area contributed by atoms with Crippen molar-refractivity contribution in [1.29, 1.82) is 0 Å². The van der Waals surface area contributed by atoms with Gasteiger partial charge in [-0.25, -0.2) is 0 Å². The molecule has 0 spiro atoms. The van der Waals surface area contributed by atoms with Crippen molar-refractivity contribution in [3.63, 3.8) is 0 Å². The van der Waals surface area contributed by atoms with Gasteiger partial charge in [0, 0.05) is 11.9 Å². The van der Waals surface area contributed by atoms with Crippen LogP contribution in [0, 0.1) is 0 Å². The molecular weight excluding hydrogens is 398 g/mol. The molecule has 8 heteroatoms. The fraction of sp³-hybridized carbons (Fsp3) is 0.348. The average molecular weight is 423 g/mol. The first kappa shape index (κ1) is 20.9. The van der Waals surface area contributed by atoms with Crippen LogP contribution in [0.3, 0.4) is 0 Å². The number of fused-ring (bicyclic) bond motifs is 5. The van der Waals surface area contributed by atoms with E-state index in [4.69, 9.17) is 14.2 Å². The topological polar surface area (TPSA) is 82.9 Å². The summed E-state index contributed by atoms with van der Waals surface area (Å²) in [5.41, 5.74) is 1.74. The van der Waals surface area contributed by atoms with Crippen molar-refractivity contribution in [2.75, 3.05) is 42.0 Å². The van der Waals surface area contributed by atoms with Gasteiger partial charge < -0.3 is 23.7 Å². The third-order valence-electron chi connectivity index (χ3n) is 5.56. The normalized spacial score (nSPS) is 12.3. The summed E-state index contributed by atoms with van der Waals surface area (Å²) >= 11 is 0. The number of pyridine rings is 2. The number of nitrogens with zero attached hydrogens (tertiary/aromatic N) is 3. The fourth-order valence-corrected chi connectivity index (χ4v) is 4.06. The minimum Gasteiger partial charge on any atom is -0.495 e. The van der Waals surface area contributed by atoms with Crippen LogP contribution in [0.4, 0.5) is 0 Å². The lowest BCUT2D eigenvalue weighted by Gasteiger charge is -2.17. The zero-order valence-corrected chi connectivity index (χ0v) is 18.3. The summed E-state index contributed by atoms with van der Waals surface area (Å²) in [4.78, 5) is 33.6. The Morgan fingerprint density at radius 2 is 1.65 bits per heavy atom. The highest BCUT2D eigenvalue weighted by Gasteiger charge is 2.35. The molecule has 0 fully saturated rings. The highest BCUT2D eigenvalue weighted by atomic mass is 16.5. The van der Waals surface area contributed by atoms with E-state index in [9.17, 15) is 9.59 Å². The largest absolute Gasteiger partial charge is 0.495 e. The minimum absolute atomic E-state index is 0.185. The molecule has 2 aromatic heterocycles. The van der Waals surface area contributed by atoms with E-state index >= 15 is 0 Å². The highest BCUT2D eigenvalue weighted by molar-refractivity contribution is 6.26. The molecule has 4 rings (SSSR count). The van der Waals surface area contributed by atoms with Crippen molar-refractivity contribution in [1.82, 2.24) is 14.5 Å². The Morgan fingerprint density at radius 3 is 2.26 bits per heavy atom. The van der Waals surface area contributed by atoms with Gasteiger partial charge >= 0.3 is 0 Å². The Hall–Kier alpha value is -3.39. The van der Waals surface area contributed by atoms with Crippen LogP contribution < -0.4 is 19.8 Å². The molecule has 0 saturated carbocycles. The molecule has 31 heavy (non-hydrogen) atoms. The summed E-state index contributed by atoms with van der Waals surface area (Å²) in [6.45, 7) is 1.27. The van der Waals surface area contributed by atoms with Crippen molar-refractivity contribution in [2.45, 2.75) is 13.0 Å². The highest BCUT2D eigenvalue weighted by Crippen LogP contribution is 2.42. The summed E-state index contributed by atoms with van der Waals surface area (Å²) in [5.74, 6) is 1.20. The van der Waals surface area contributed by atoms with Gasteiger partial charge in [0.2, 0.25) is 0 Å². The number of carbonyl (C=O) groups excluding carboxylic acids is 1. The van der Waals surface area contributed by atoms with E-state index in [2.05, 4.69) is 9.88 Å². The van der Waals surface area contributed by atoms with Gasteiger partial charge in [-0.3, -0.25) is 14.6 Å². The predicted octanol–water partition coefficient (Wildman–Crippen LogP) is 2.59. The molecule has 0 radical (unpaired) electrons. The quantitative estimate of drug-likeness (QED) is 0.452. The number of aromatic nitrogens is 2. The second kappa shape index (κ2) is 8.03. The summed E-state index contributed by atoms with van der Waals surface area (Å²) in [7, 11) is 8.54.